The van der Waals surface area contributed by atoms with Gasteiger partial charge in [0, 0.05) is 19.2 Å². The van der Waals surface area contributed by atoms with Crippen molar-refractivity contribution in [3.8, 4) is 0 Å². The van der Waals surface area contributed by atoms with Crippen LogP contribution < -0.4 is 5.32 Å². The van der Waals surface area contributed by atoms with E-state index in [-0.39, 0.29) is 18.2 Å². The first-order valence-electron chi connectivity index (χ1n) is 9.22. The van der Waals surface area contributed by atoms with Gasteiger partial charge in [-0.15, -0.1) is 0 Å². The van der Waals surface area contributed by atoms with Crippen molar-refractivity contribution in [3.63, 3.8) is 0 Å². The van der Waals surface area contributed by atoms with Gasteiger partial charge in [-0.1, -0.05) is 30.0 Å². The highest BCUT2D eigenvalue weighted by Gasteiger charge is 2.37. The predicted molar refractivity (Wildman–Crippen MR) is 116 cm³/mol. The van der Waals surface area contributed by atoms with Crippen molar-refractivity contribution in [2.75, 3.05) is 12.4 Å². The number of hydrogen-bond acceptors (Lipinski definition) is 4. The molecule has 146 valence electrons. The topological polar surface area (TPSA) is 61.8 Å². The molecule has 0 bridgehead atoms. The molecule has 0 saturated carbocycles. The van der Waals surface area contributed by atoms with Crippen LogP contribution in [0, 0.1) is 27.7 Å². The summed E-state index contributed by atoms with van der Waals surface area (Å²) in [5, 5.41) is 3.09. The molecule has 0 radical (unpaired) electrons. The fraction of sp³-hybridized carbons (Fsp3) is 0.318. The van der Waals surface area contributed by atoms with Crippen LogP contribution in [0.25, 0.3) is 0 Å². The first-order valence-corrected chi connectivity index (χ1v) is 10.1. The number of aryl methyl sites for hydroxylation is 4. The number of amidine groups is 1. The summed E-state index contributed by atoms with van der Waals surface area (Å²) in [6.45, 7) is 8.02. The summed E-state index contributed by atoms with van der Waals surface area (Å²) in [5.74, 6) is -0.260. The molecule has 0 aliphatic carbocycles. The highest BCUT2D eigenvalue weighted by molar-refractivity contribution is 8.15. The molecule has 1 atom stereocenters. The van der Waals surface area contributed by atoms with Gasteiger partial charge in [-0.3, -0.25) is 14.5 Å². The Hall–Kier alpha value is -2.60. The van der Waals surface area contributed by atoms with Crippen LogP contribution in [0.3, 0.4) is 0 Å². The monoisotopic (exact) mass is 395 g/mol. The summed E-state index contributed by atoms with van der Waals surface area (Å²) in [7, 11) is 1.71. The molecule has 3 rings (SSSR count). The van der Waals surface area contributed by atoms with E-state index in [1.54, 1.807) is 7.05 Å². The van der Waals surface area contributed by atoms with Crippen molar-refractivity contribution in [2.24, 2.45) is 4.99 Å². The van der Waals surface area contributed by atoms with Gasteiger partial charge in [0.2, 0.25) is 11.8 Å². The van der Waals surface area contributed by atoms with Gasteiger partial charge in [-0.25, -0.2) is 4.99 Å². The van der Waals surface area contributed by atoms with Gasteiger partial charge in [0.15, 0.2) is 5.17 Å². The lowest BCUT2D eigenvalue weighted by molar-refractivity contribution is -0.127. The van der Waals surface area contributed by atoms with E-state index in [1.807, 2.05) is 57.2 Å². The van der Waals surface area contributed by atoms with E-state index < -0.39 is 5.25 Å². The molecular weight excluding hydrogens is 370 g/mol. The van der Waals surface area contributed by atoms with Crippen LogP contribution >= 0.6 is 11.8 Å². The number of hydrogen-bond donors (Lipinski definition) is 1. The van der Waals surface area contributed by atoms with Crippen molar-refractivity contribution in [2.45, 2.75) is 39.4 Å². The zero-order valence-corrected chi connectivity index (χ0v) is 17.7. The van der Waals surface area contributed by atoms with E-state index in [9.17, 15) is 9.59 Å². The Morgan fingerprint density at radius 3 is 2.50 bits per heavy atom. The van der Waals surface area contributed by atoms with Gasteiger partial charge in [0.05, 0.1) is 5.69 Å². The van der Waals surface area contributed by atoms with Crippen molar-refractivity contribution >= 4 is 40.1 Å². The van der Waals surface area contributed by atoms with Crippen molar-refractivity contribution in [1.82, 2.24) is 4.90 Å². The number of carbonyl (C=O) groups excluding carboxylic acids is 2. The van der Waals surface area contributed by atoms with Gasteiger partial charge >= 0.3 is 0 Å². The molecule has 2 aromatic rings. The molecule has 1 fully saturated rings. The molecule has 1 heterocycles. The molecule has 0 spiro atoms. The van der Waals surface area contributed by atoms with Crippen molar-refractivity contribution < 1.29 is 9.59 Å². The molecule has 2 amide bonds. The third kappa shape index (κ3) is 4.44. The quantitative estimate of drug-likeness (QED) is 0.828. The second kappa shape index (κ2) is 8.19. The maximum absolute atomic E-state index is 12.6. The summed E-state index contributed by atoms with van der Waals surface area (Å²) in [4.78, 5) is 31.2. The number of nitrogens with one attached hydrogen (secondary N) is 1. The van der Waals surface area contributed by atoms with E-state index >= 15 is 0 Å². The van der Waals surface area contributed by atoms with Crippen LogP contribution in [0.4, 0.5) is 11.4 Å². The number of aliphatic imine (C=N–C) groups is 1. The van der Waals surface area contributed by atoms with Crippen LogP contribution in [-0.2, 0) is 9.59 Å². The average Bonchev–Trinajstić information content (AvgIpc) is 2.89. The van der Waals surface area contributed by atoms with Gasteiger partial charge in [0.25, 0.3) is 0 Å². The fourth-order valence-electron chi connectivity index (χ4n) is 2.94. The largest absolute Gasteiger partial charge is 0.326 e. The number of amides is 2. The number of thioether (sulfide) groups is 1. The SMILES string of the molecule is Cc1ccc(C)c(NC(=O)CC2SC(=Nc3ccc(C)c(C)c3)N(C)C2=O)c1. The Bertz CT molecular complexity index is 968. The van der Waals surface area contributed by atoms with Crippen LogP contribution in [0.2, 0.25) is 0 Å². The van der Waals surface area contributed by atoms with E-state index in [1.165, 1.54) is 22.2 Å². The zero-order chi connectivity index (χ0) is 20.4. The summed E-state index contributed by atoms with van der Waals surface area (Å²) >= 11 is 1.34. The Balaban J connectivity index is 1.70. The Morgan fingerprint density at radius 2 is 1.79 bits per heavy atom. The predicted octanol–water partition coefficient (Wildman–Crippen LogP) is 4.51. The van der Waals surface area contributed by atoms with Crippen LogP contribution in [0.15, 0.2) is 41.4 Å². The highest BCUT2D eigenvalue weighted by atomic mass is 32.2. The molecule has 6 heteroatoms. The zero-order valence-electron chi connectivity index (χ0n) is 16.9. The minimum Gasteiger partial charge on any atom is -0.326 e. The standard InChI is InChI=1S/C22H25N3O2S/c1-13-6-7-15(3)18(10-13)24-20(26)12-19-21(27)25(5)22(28-19)23-17-9-8-14(2)16(4)11-17/h6-11,19H,12H2,1-5H3,(H,24,26). The highest BCUT2D eigenvalue weighted by Crippen LogP contribution is 2.31. The van der Waals surface area contributed by atoms with Gasteiger partial charge < -0.3 is 5.32 Å². The van der Waals surface area contributed by atoms with Gasteiger partial charge in [-0.05, 0) is 68.1 Å². The van der Waals surface area contributed by atoms with Crippen LogP contribution in [0.5, 0.6) is 0 Å². The molecule has 1 aliphatic rings. The van der Waals surface area contributed by atoms with Crippen molar-refractivity contribution in [3.05, 3.63) is 58.7 Å². The van der Waals surface area contributed by atoms with Crippen LogP contribution in [0.1, 0.15) is 28.7 Å². The summed E-state index contributed by atoms with van der Waals surface area (Å²) < 4.78 is 0. The molecule has 1 saturated heterocycles. The Morgan fingerprint density at radius 1 is 1.07 bits per heavy atom. The second-order valence-corrected chi connectivity index (χ2v) is 8.41. The fourth-order valence-corrected chi connectivity index (χ4v) is 4.10. The summed E-state index contributed by atoms with van der Waals surface area (Å²) in [6.07, 6.45) is 0.118. The molecule has 28 heavy (non-hydrogen) atoms. The molecular formula is C22H25N3O2S. The summed E-state index contributed by atoms with van der Waals surface area (Å²) in [5.41, 5.74) is 6.04. The number of benzene rings is 2. The average molecular weight is 396 g/mol. The number of carbonyl (C=O) groups is 2. The number of anilines is 1. The van der Waals surface area contributed by atoms with E-state index in [2.05, 4.69) is 17.2 Å². The maximum atomic E-state index is 12.6. The number of rotatable bonds is 4. The molecule has 0 aromatic heterocycles. The molecule has 1 unspecified atom stereocenters. The normalized spacial score (nSPS) is 18.0. The smallest absolute Gasteiger partial charge is 0.242 e. The van der Waals surface area contributed by atoms with Crippen LogP contribution in [-0.4, -0.2) is 34.2 Å². The minimum absolute atomic E-state index is 0.0938. The molecule has 1 aliphatic heterocycles. The second-order valence-electron chi connectivity index (χ2n) is 7.24. The molecule has 5 nitrogen and oxygen atoms in total. The third-order valence-electron chi connectivity index (χ3n) is 4.89. The lowest BCUT2D eigenvalue weighted by Crippen LogP contribution is -2.30. The van der Waals surface area contributed by atoms with Crippen molar-refractivity contribution in [1.29, 1.82) is 0 Å². The van der Waals surface area contributed by atoms with E-state index in [0.717, 1.165) is 28.1 Å². The summed E-state index contributed by atoms with van der Waals surface area (Å²) in [6, 6.07) is 11.9. The first kappa shape index (κ1) is 20.1. The maximum Gasteiger partial charge on any atom is 0.242 e. The van der Waals surface area contributed by atoms with E-state index in [4.69, 9.17) is 0 Å². The first-order chi connectivity index (χ1) is 13.2. The molecule has 2 aromatic carbocycles. The minimum atomic E-state index is -0.458. The Labute approximate surface area is 170 Å². The van der Waals surface area contributed by atoms with Gasteiger partial charge in [-0.2, -0.15) is 0 Å². The lowest BCUT2D eigenvalue weighted by Gasteiger charge is -2.11. The lowest BCUT2D eigenvalue weighted by atomic mass is 10.1. The van der Waals surface area contributed by atoms with Gasteiger partial charge in [0.1, 0.15) is 5.25 Å². The Kier molecular flexibility index (Phi) is 5.89. The number of nitrogens with zero attached hydrogens (tertiary/aromatic N) is 2. The molecule has 1 N–H and O–H groups in total. The van der Waals surface area contributed by atoms with E-state index in [0.29, 0.717) is 5.17 Å². The third-order valence-corrected chi connectivity index (χ3v) is 6.12.